The van der Waals surface area contributed by atoms with Gasteiger partial charge in [-0.3, -0.25) is 19.3 Å². The lowest BCUT2D eigenvalue weighted by Gasteiger charge is -2.34. The normalized spacial score (nSPS) is 14.7. The lowest BCUT2D eigenvalue weighted by Crippen LogP contribution is -2.50. The number of alkyl halides is 3. The van der Waals surface area contributed by atoms with Gasteiger partial charge in [0.2, 0.25) is 5.91 Å². The Hall–Kier alpha value is -3.93. The number of hydrogen-bond donors (Lipinski definition) is 2. The van der Waals surface area contributed by atoms with Crippen LogP contribution >= 0.6 is 0 Å². The molecule has 0 radical (unpaired) electrons. The second-order valence-corrected chi connectivity index (χ2v) is 7.64. The van der Waals surface area contributed by atoms with Crippen LogP contribution in [-0.4, -0.2) is 70.9 Å². The molecule has 2 N–H and O–H groups in total. The van der Waals surface area contributed by atoms with E-state index in [2.05, 4.69) is 20.3 Å². The second kappa shape index (κ2) is 9.51. The summed E-state index contributed by atoms with van der Waals surface area (Å²) in [6, 6.07) is 11.6. The molecule has 1 aromatic heterocycles. The van der Waals surface area contributed by atoms with E-state index in [1.807, 2.05) is 4.90 Å². The summed E-state index contributed by atoms with van der Waals surface area (Å²) in [6.45, 7) is 1.68. The topological polar surface area (TPSA) is 108 Å². The summed E-state index contributed by atoms with van der Waals surface area (Å²) in [5, 5.41) is 9.78. The Balaban J connectivity index is 1.30. The van der Waals surface area contributed by atoms with Crippen LogP contribution in [0.2, 0.25) is 0 Å². The molecule has 1 aliphatic heterocycles. The van der Waals surface area contributed by atoms with Crippen LogP contribution in [0.5, 0.6) is 5.75 Å². The van der Waals surface area contributed by atoms with Gasteiger partial charge in [0, 0.05) is 37.3 Å². The number of aromatic nitrogens is 2. The molecule has 2 aromatic carbocycles. The fraction of sp³-hybridized carbons (Fsp3) is 0.273. The van der Waals surface area contributed by atoms with Crippen molar-refractivity contribution in [2.75, 3.05) is 38.0 Å². The van der Waals surface area contributed by atoms with Crippen LogP contribution in [0.15, 0.2) is 53.3 Å². The first-order valence-electron chi connectivity index (χ1n) is 10.3. The number of carbonyl (C=O) groups excluding carboxylic acids is 2. The molecule has 12 heteroatoms. The van der Waals surface area contributed by atoms with Crippen molar-refractivity contribution in [1.82, 2.24) is 20.0 Å². The van der Waals surface area contributed by atoms with Gasteiger partial charge in [-0.25, -0.2) is 5.10 Å². The van der Waals surface area contributed by atoms with Crippen molar-refractivity contribution in [3.05, 3.63) is 64.6 Å². The SMILES string of the molecule is O=C(CN1CCN(C(=O)c2n[nH]c(=O)c3ccccc23)CC1)Nc1ccc(OC(F)(F)F)cc1. The molecule has 1 saturated heterocycles. The smallest absolute Gasteiger partial charge is 0.406 e. The molecule has 0 unspecified atom stereocenters. The molecule has 1 aliphatic rings. The van der Waals surface area contributed by atoms with Crippen molar-refractivity contribution in [2.45, 2.75) is 6.36 Å². The van der Waals surface area contributed by atoms with Gasteiger partial charge in [-0.05, 0) is 30.3 Å². The predicted octanol–water partition coefficient (Wildman–Crippen LogP) is 2.22. The molecule has 0 bridgehead atoms. The zero-order valence-corrected chi connectivity index (χ0v) is 17.8. The van der Waals surface area contributed by atoms with Crippen LogP contribution in [0, 0.1) is 0 Å². The summed E-state index contributed by atoms with van der Waals surface area (Å²) in [7, 11) is 0. The lowest BCUT2D eigenvalue weighted by molar-refractivity contribution is -0.274. The number of benzene rings is 2. The van der Waals surface area contributed by atoms with Gasteiger partial charge in [-0.1, -0.05) is 18.2 Å². The monoisotopic (exact) mass is 475 g/mol. The Morgan fingerprint density at radius 1 is 1.00 bits per heavy atom. The number of rotatable bonds is 5. The zero-order chi connectivity index (χ0) is 24.3. The van der Waals surface area contributed by atoms with E-state index in [-0.39, 0.29) is 35.4 Å². The number of anilines is 1. The molecule has 3 aromatic rings. The molecule has 0 atom stereocenters. The minimum Gasteiger partial charge on any atom is -0.406 e. The van der Waals surface area contributed by atoms with Gasteiger partial charge in [0.25, 0.3) is 11.5 Å². The van der Waals surface area contributed by atoms with E-state index in [0.717, 1.165) is 12.1 Å². The Bertz CT molecular complexity index is 1250. The lowest BCUT2D eigenvalue weighted by atomic mass is 10.1. The molecule has 2 heterocycles. The number of ether oxygens (including phenoxy) is 1. The molecule has 34 heavy (non-hydrogen) atoms. The van der Waals surface area contributed by atoms with E-state index in [9.17, 15) is 27.6 Å². The highest BCUT2D eigenvalue weighted by Crippen LogP contribution is 2.24. The van der Waals surface area contributed by atoms with E-state index in [1.54, 1.807) is 29.2 Å². The molecular formula is C22H20F3N5O4. The molecule has 0 spiro atoms. The summed E-state index contributed by atoms with van der Waals surface area (Å²) in [5.74, 6) is -1.02. The van der Waals surface area contributed by atoms with E-state index < -0.39 is 6.36 Å². The third kappa shape index (κ3) is 5.52. The molecule has 178 valence electrons. The number of aromatic amines is 1. The van der Waals surface area contributed by atoms with E-state index in [4.69, 9.17) is 0 Å². The van der Waals surface area contributed by atoms with Gasteiger partial charge in [0.1, 0.15) is 5.75 Å². The van der Waals surface area contributed by atoms with Crippen molar-refractivity contribution >= 4 is 28.3 Å². The van der Waals surface area contributed by atoms with Crippen LogP contribution in [0.3, 0.4) is 0 Å². The highest BCUT2D eigenvalue weighted by molar-refractivity contribution is 6.04. The minimum absolute atomic E-state index is 0.0582. The maximum atomic E-state index is 13.0. The Morgan fingerprint density at radius 3 is 2.29 bits per heavy atom. The van der Waals surface area contributed by atoms with Crippen molar-refractivity contribution < 1.29 is 27.5 Å². The van der Waals surface area contributed by atoms with Crippen molar-refractivity contribution in [2.24, 2.45) is 0 Å². The third-order valence-corrected chi connectivity index (χ3v) is 5.30. The van der Waals surface area contributed by atoms with Crippen LogP contribution in [0.1, 0.15) is 10.5 Å². The van der Waals surface area contributed by atoms with E-state index in [0.29, 0.717) is 42.6 Å². The van der Waals surface area contributed by atoms with Gasteiger partial charge in [-0.15, -0.1) is 13.2 Å². The Labute approximate surface area is 191 Å². The number of amides is 2. The minimum atomic E-state index is -4.78. The molecular weight excluding hydrogens is 455 g/mol. The van der Waals surface area contributed by atoms with E-state index >= 15 is 0 Å². The summed E-state index contributed by atoms with van der Waals surface area (Å²) >= 11 is 0. The zero-order valence-electron chi connectivity index (χ0n) is 17.8. The summed E-state index contributed by atoms with van der Waals surface area (Å²) < 4.78 is 40.5. The molecule has 9 nitrogen and oxygen atoms in total. The fourth-order valence-corrected chi connectivity index (χ4v) is 3.68. The highest BCUT2D eigenvalue weighted by Gasteiger charge is 2.31. The molecule has 2 amide bonds. The first-order valence-corrected chi connectivity index (χ1v) is 10.3. The summed E-state index contributed by atoms with van der Waals surface area (Å²) in [5.41, 5.74) is 0.134. The molecule has 0 saturated carbocycles. The Kier molecular flexibility index (Phi) is 6.50. The number of piperazine rings is 1. The van der Waals surface area contributed by atoms with Crippen LogP contribution < -0.4 is 15.6 Å². The number of fused-ring (bicyclic) bond motifs is 1. The number of carbonyl (C=O) groups is 2. The van der Waals surface area contributed by atoms with Crippen molar-refractivity contribution in [3.8, 4) is 5.75 Å². The summed E-state index contributed by atoms with van der Waals surface area (Å²) in [4.78, 5) is 40.7. The van der Waals surface area contributed by atoms with Crippen LogP contribution in [0.25, 0.3) is 10.8 Å². The average Bonchev–Trinajstić information content (AvgIpc) is 2.80. The average molecular weight is 475 g/mol. The summed E-state index contributed by atoms with van der Waals surface area (Å²) in [6.07, 6.45) is -4.78. The Morgan fingerprint density at radius 2 is 1.65 bits per heavy atom. The third-order valence-electron chi connectivity index (χ3n) is 5.30. The van der Waals surface area contributed by atoms with Crippen molar-refractivity contribution in [1.29, 1.82) is 0 Å². The number of nitrogens with one attached hydrogen (secondary N) is 2. The maximum Gasteiger partial charge on any atom is 0.573 e. The van der Waals surface area contributed by atoms with Gasteiger partial charge in [-0.2, -0.15) is 5.10 Å². The molecule has 1 fully saturated rings. The number of hydrogen-bond acceptors (Lipinski definition) is 6. The number of nitrogens with zero attached hydrogens (tertiary/aromatic N) is 3. The van der Waals surface area contributed by atoms with Crippen molar-refractivity contribution in [3.63, 3.8) is 0 Å². The number of H-pyrrole nitrogens is 1. The maximum absolute atomic E-state index is 13.0. The van der Waals surface area contributed by atoms with Crippen LogP contribution in [-0.2, 0) is 4.79 Å². The van der Waals surface area contributed by atoms with Gasteiger partial charge in [0.15, 0.2) is 5.69 Å². The van der Waals surface area contributed by atoms with E-state index in [1.165, 1.54) is 12.1 Å². The highest BCUT2D eigenvalue weighted by atomic mass is 19.4. The first-order chi connectivity index (χ1) is 16.2. The largest absolute Gasteiger partial charge is 0.573 e. The first kappa shape index (κ1) is 23.2. The standard InChI is InChI=1S/C22H20F3N5O4/c23-22(24,25)34-15-7-5-14(6-8-15)26-18(31)13-29-9-11-30(12-10-29)21(33)19-16-3-1-2-4-17(16)20(32)28-27-19/h1-8H,9-13H2,(H,26,31)(H,28,32). The van der Waals surface area contributed by atoms with Gasteiger partial charge in [0.05, 0.1) is 11.9 Å². The van der Waals surface area contributed by atoms with Crippen LogP contribution in [0.4, 0.5) is 18.9 Å². The molecule has 0 aliphatic carbocycles. The number of halogens is 3. The predicted molar refractivity (Wildman–Crippen MR) is 116 cm³/mol. The van der Waals surface area contributed by atoms with Gasteiger partial charge < -0.3 is 15.0 Å². The quantitative estimate of drug-likeness (QED) is 0.586. The molecule has 4 rings (SSSR count). The fourth-order valence-electron chi connectivity index (χ4n) is 3.68. The second-order valence-electron chi connectivity index (χ2n) is 7.64. The van der Waals surface area contributed by atoms with Gasteiger partial charge >= 0.3 is 6.36 Å².